The normalized spacial score (nSPS) is 12.0. The summed E-state index contributed by atoms with van der Waals surface area (Å²) in [5.74, 6) is 0. The zero-order valence-corrected chi connectivity index (χ0v) is 12.8. The smallest absolute Gasteiger partial charge is 0.320 e. The highest BCUT2D eigenvalue weighted by Gasteiger charge is 2.29. The van der Waals surface area contributed by atoms with Crippen LogP contribution < -0.4 is 11.2 Å². The molecule has 24 heavy (non-hydrogen) atoms. The summed E-state index contributed by atoms with van der Waals surface area (Å²) < 4.78 is 41.5. The van der Waals surface area contributed by atoms with Gasteiger partial charge in [0.05, 0.1) is 11.9 Å². The number of aromatic nitrogens is 4. The molecule has 0 saturated heterocycles. The SMILES string of the molecule is Cn1c(=O)c2c(ncn2Cc2ccc(C(F)(F)F)cc2)n(C)c1=O. The van der Waals surface area contributed by atoms with Gasteiger partial charge < -0.3 is 4.57 Å². The van der Waals surface area contributed by atoms with Crippen molar-refractivity contribution in [1.82, 2.24) is 18.7 Å². The van der Waals surface area contributed by atoms with Gasteiger partial charge in [-0.1, -0.05) is 12.1 Å². The van der Waals surface area contributed by atoms with Crippen molar-refractivity contribution >= 4 is 11.2 Å². The number of rotatable bonds is 2. The molecule has 0 saturated carbocycles. The molecule has 0 spiro atoms. The van der Waals surface area contributed by atoms with E-state index in [1.165, 1.54) is 41.7 Å². The third-order valence-corrected chi connectivity index (χ3v) is 3.85. The molecule has 0 bridgehead atoms. The van der Waals surface area contributed by atoms with Crippen LogP contribution in [0.1, 0.15) is 11.1 Å². The number of fused-ring (bicyclic) bond motifs is 1. The minimum absolute atomic E-state index is 0.169. The quantitative estimate of drug-likeness (QED) is 0.711. The maximum absolute atomic E-state index is 12.6. The fraction of sp³-hybridized carbons (Fsp3) is 0.267. The van der Waals surface area contributed by atoms with Crippen LogP contribution in [0.25, 0.3) is 11.2 Å². The van der Waals surface area contributed by atoms with Gasteiger partial charge >= 0.3 is 11.9 Å². The molecular formula is C15H13F3N4O2. The highest BCUT2D eigenvalue weighted by Crippen LogP contribution is 2.29. The molecule has 1 aromatic carbocycles. The van der Waals surface area contributed by atoms with Gasteiger partial charge in [-0.15, -0.1) is 0 Å². The minimum atomic E-state index is -4.39. The van der Waals surface area contributed by atoms with Crippen LogP contribution in [0.5, 0.6) is 0 Å². The monoisotopic (exact) mass is 338 g/mol. The van der Waals surface area contributed by atoms with Crippen molar-refractivity contribution in [2.75, 3.05) is 0 Å². The summed E-state index contributed by atoms with van der Waals surface area (Å²) in [5.41, 5.74) is -0.697. The van der Waals surface area contributed by atoms with E-state index in [9.17, 15) is 22.8 Å². The second-order valence-corrected chi connectivity index (χ2v) is 5.45. The molecule has 0 radical (unpaired) electrons. The van der Waals surface area contributed by atoms with E-state index in [4.69, 9.17) is 0 Å². The van der Waals surface area contributed by atoms with Crippen molar-refractivity contribution in [3.05, 3.63) is 62.6 Å². The summed E-state index contributed by atoms with van der Waals surface area (Å²) in [5, 5.41) is 0. The van der Waals surface area contributed by atoms with E-state index in [1.807, 2.05) is 0 Å². The van der Waals surface area contributed by atoms with E-state index < -0.39 is 23.0 Å². The molecule has 0 fully saturated rings. The maximum atomic E-state index is 12.6. The Labute approximate surface area is 133 Å². The van der Waals surface area contributed by atoms with Crippen LogP contribution in [0.15, 0.2) is 40.2 Å². The zero-order chi connectivity index (χ0) is 17.6. The molecule has 0 amide bonds. The molecule has 3 rings (SSSR count). The average molecular weight is 338 g/mol. The molecular weight excluding hydrogens is 325 g/mol. The molecule has 126 valence electrons. The van der Waals surface area contributed by atoms with E-state index in [-0.39, 0.29) is 17.7 Å². The molecule has 6 nitrogen and oxygen atoms in total. The Kier molecular flexibility index (Phi) is 3.58. The van der Waals surface area contributed by atoms with Gasteiger partial charge in [0, 0.05) is 20.6 Å². The summed E-state index contributed by atoms with van der Waals surface area (Å²) in [6, 6.07) is 4.67. The predicted octanol–water partition coefficient (Wildman–Crippen LogP) is 1.50. The number of nitrogens with zero attached hydrogens (tertiary/aromatic N) is 4. The topological polar surface area (TPSA) is 61.8 Å². The molecule has 9 heteroatoms. The number of hydrogen-bond acceptors (Lipinski definition) is 3. The van der Waals surface area contributed by atoms with Crippen molar-refractivity contribution in [3.8, 4) is 0 Å². The van der Waals surface area contributed by atoms with E-state index in [1.54, 1.807) is 0 Å². The van der Waals surface area contributed by atoms with E-state index in [0.717, 1.165) is 16.7 Å². The summed E-state index contributed by atoms with van der Waals surface area (Å²) in [6.45, 7) is 0.169. The fourth-order valence-electron chi connectivity index (χ4n) is 2.51. The first-order chi connectivity index (χ1) is 11.2. The Morgan fingerprint density at radius 2 is 1.67 bits per heavy atom. The summed E-state index contributed by atoms with van der Waals surface area (Å²) in [7, 11) is 2.86. The summed E-state index contributed by atoms with van der Waals surface area (Å²) in [4.78, 5) is 28.2. The van der Waals surface area contributed by atoms with Crippen LogP contribution in [-0.2, 0) is 26.8 Å². The highest BCUT2D eigenvalue weighted by molar-refractivity contribution is 5.70. The van der Waals surface area contributed by atoms with Crippen molar-refractivity contribution < 1.29 is 13.2 Å². The van der Waals surface area contributed by atoms with E-state index >= 15 is 0 Å². The molecule has 3 aromatic rings. The Morgan fingerprint density at radius 3 is 2.25 bits per heavy atom. The standard InChI is InChI=1S/C15H13F3N4O2/c1-20-12-11(13(23)21(2)14(20)24)22(8-19-12)7-9-3-5-10(6-4-9)15(16,17)18/h3-6,8H,7H2,1-2H3. The third-order valence-electron chi connectivity index (χ3n) is 3.85. The number of halogens is 3. The van der Waals surface area contributed by atoms with Crippen LogP contribution in [-0.4, -0.2) is 18.7 Å². The first-order valence-corrected chi connectivity index (χ1v) is 6.97. The van der Waals surface area contributed by atoms with Crippen LogP contribution in [0.2, 0.25) is 0 Å². The van der Waals surface area contributed by atoms with Gasteiger partial charge in [0.1, 0.15) is 0 Å². The number of imidazole rings is 1. The number of benzene rings is 1. The second-order valence-electron chi connectivity index (χ2n) is 5.45. The highest BCUT2D eigenvalue weighted by atomic mass is 19.4. The van der Waals surface area contributed by atoms with Crippen LogP contribution in [0.4, 0.5) is 13.2 Å². The van der Waals surface area contributed by atoms with Gasteiger partial charge in [-0.3, -0.25) is 13.9 Å². The fourth-order valence-corrected chi connectivity index (χ4v) is 2.51. The first kappa shape index (κ1) is 16.0. The van der Waals surface area contributed by atoms with E-state index in [0.29, 0.717) is 5.56 Å². The number of hydrogen-bond donors (Lipinski definition) is 0. The molecule has 0 atom stereocenters. The Morgan fingerprint density at radius 1 is 1.04 bits per heavy atom. The average Bonchev–Trinajstić information content (AvgIpc) is 2.94. The largest absolute Gasteiger partial charge is 0.416 e. The molecule has 2 heterocycles. The minimum Gasteiger partial charge on any atom is -0.320 e. The van der Waals surface area contributed by atoms with Crippen molar-refractivity contribution in [1.29, 1.82) is 0 Å². The van der Waals surface area contributed by atoms with Crippen LogP contribution >= 0.6 is 0 Å². The van der Waals surface area contributed by atoms with Gasteiger partial charge in [0.2, 0.25) is 0 Å². The van der Waals surface area contributed by atoms with Gasteiger partial charge in [-0.25, -0.2) is 9.78 Å². The lowest BCUT2D eigenvalue weighted by molar-refractivity contribution is -0.137. The second kappa shape index (κ2) is 5.36. The molecule has 0 unspecified atom stereocenters. The first-order valence-electron chi connectivity index (χ1n) is 6.97. The lowest BCUT2D eigenvalue weighted by Crippen LogP contribution is -2.37. The lowest BCUT2D eigenvalue weighted by atomic mass is 10.1. The Balaban J connectivity index is 2.06. The van der Waals surface area contributed by atoms with Crippen molar-refractivity contribution in [2.24, 2.45) is 14.1 Å². The lowest BCUT2D eigenvalue weighted by Gasteiger charge is -2.09. The van der Waals surface area contributed by atoms with Gasteiger partial charge in [0.25, 0.3) is 5.56 Å². The number of alkyl halides is 3. The number of aryl methyl sites for hydroxylation is 1. The summed E-state index contributed by atoms with van der Waals surface area (Å²) in [6.07, 6.45) is -3.00. The van der Waals surface area contributed by atoms with Gasteiger partial charge in [0.15, 0.2) is 11.2 Å². The zero-order valence-electron chi connectivity index (χ0n) is 12.8. The third kappa shape index (κ3) is 2.51. The Hall–Kier alpha value is -2.84. The molecule has 0 aliphatic rings. The summed E-state index contributed by atoms with van der Waals surface area (Å²) >= 11 is 0. The van der Waals surface area contributed by atoms with E-state index in [2.05, 4.69) is 4.98 Å². The molecule has 2 aromatic heterocycles. The molecule has 0 N–H and O–H groups in total. The Bertz CT molecular complexity index is 1030. The van der Waals surface area contributed by atoms with Crippen molar-refractivity contribution in [2.45, 2.75) is 12.7 Å². The van der Waals surface area contributed by atoms with Crippen LogP contribution in [0.3, 0.4) is 0 Å². The maximum Gasteiger partial charge on any atom is 0.416 e. The van der Waals surface area contributed by atoms with Crippen LogP contribution in [0, 0.1) is 0 Å². The van der Waals surface area contributed by atoms with Gasteiger partial charge in [-0.05, 0) is 17.7 Å². The van der Waals surface area contributed by atoms with Gasteiger partial charge in [-0.2, -0.15) is 13.2 Å². The molecule has 0 aliphatic heterocycles. The predicted molar refractivity (Wildman–Crippen MR) is 80.8 cm³/mol. The van der Waals surface area contributed by atoms with Crippen molar-refractivity contribution in [3.63, 3.8) is 0 Å². The molecule has 0 aliphatic carbocycles.